The van der Waals surface area contributed by atoms with E-state index in [-0.39, 0.29) is 6.61 Å². The second-order valence-corrected chi connectivity index (χ2v) is 3.02. The predicted octanol–water partition coefficient (Wildman–Crippen LogP) is -0.0810. The molecule has 0 aliphatic heterocycles. The van der Waals surface area contributed by atoms with Crippen molar-refractivity contribution >= 4 is 17.8 Å². The number of hydrogen-bond donors (Lipinski definition) is 2. The molecule has 0 saturated heterocycles. The molecule has 0 spiro atoms. The molecule has 0 rings (SSSR count). The highest BCUT2D eigenvalue weighted by Gasteiger charge is 2.20. The molecule has 1 atom stereocenters. The lowest BCUT2D eigenvalue weighted by atomic mass is 10.3. The van der Waals surface area contributed by atoms with Crippen LogP contribution in [0.2, 0.25) is 0 Å². The summed E-state index contributed by atoms with van der Waals surface area (Å²) in [4.78, 5) is 32.3. The molecule has 6 nitrogen and oxygen atoms in total. The molecule has 0 heterocycles. The van der Waals surface area contributed by atoms with E-state index in [2.05, 4.69) is 4.74 Å². The van der Waals surface area contributed by atoms with Gasteiger partial charge in [-0.05, 0) is 13.3 Å². The Morgan fingerprint density at radius 1 is 1.40 bits per heavy atom. The summed E-state index contributed by atoms with van der Waals surface area (Å²) in [6, 6.07) is -1.10. The van der Waals surface area contributed by atoms with Gasteiger partial charge in [-0.25, -0.2) is 4.79 Å². The van der Waals surface area contributed by atoms with Crippen LogP contribution >= 0.6 is 0 Å². The molecule has 0 aliphatic rings. The maximum Gasteiger partial charge on any atom is 0.396 e. The number of esters is 1. The van der Waals surface area contributed by atoms with E-state index in [1.165, 1.54) is 6.92 Å². The molecule has 0 aromatic carbocycles. The van der Waals surface area contributed by atoms with Crippen molar-refractivity contribution in [1.29, 1.82) is 0 Å². The Kier molecular flexibility index (Phi) is 6.08. The highest BCUT2D eigenvalue weighted by Crippen LogP contribution is 1.90. The minimum Gasteiger partial charge on any atom is -0.480 e. The molecule has 0 aromatic heterocycles. The summed E-state index contributed by atoms with van der Waals surface area (Å²) < 4.78 is 4.58. The number of aliphatic carboxylic acids is 1. The normalized spacial score (nSPS) is 11.6. The summed E-state index contributed by atoms with van der Waals surface area (Å²) >= 11 is 0. The van der Waals surface area contributed by atoms with Crippen LogP contribution in [-0.4, -0.2) is 35.6 Å². The van der Waals surface area contributed by atoms with Gasteiger partial charge >= 0.3 is 17.8 Å². The van der Waals surface area contributed by atoms with Crippen molar-refractivity contribution < 1.29 is 24.2 Å². The summed E-state index contributed by atoms with van der Waals surface area (Å²) in [5.74, 6) is -3.28. The quantitative estimate of drug-likeness (QED) is 0.381. The van der Waals surface area contributed by atoms with E-state index >= 15 is 0 Å². The molecule has 1 unspecified atom stereocenters. The van der Waals surface area contributed by atoms with Crippen LogP contribution in [0.1, 0.15) is 26.7 Å². The zero-order chi connectivity index (χ0) is 11.8. The lowest BCUT2D eigenvalue weighted by molar-refractivity contribution is -0.156. The Labute approximate surface area is 87.6 Å². The lowest BCUT2D eigenvalue weighted by Crippen LogP contribution is -2.42. The van der Waals surface area contributed by atoms with E-state index in [1.54, 1.807) is 0 Å². The Balaban J connectivity index is 3.89. The summed E-state index contributed by atoms with van der Waals surface area (Å²) in [5, 5.41) is 10.5. The first-order valence-electron chi connectivity index (χ1n) is 4.69. The van der Waals surface area contributed by atoms with E-state index in [9.17, 15) is 14.4 Å². The van der Waals surface area contributed by atoms with Crippen LogP contribution in [0, 0.1) is 0 Å². The molecule has 6 heteroatoms. The van der Waals surface area contributed by atoms with Gasteiger partial charge in [0.15, 0.2) is 0 Å². The van der Waals surface area contributed by atoms with E-state index < -0.39 is 23.9 Å². The largest absolute Gasteiger partial charge is 0.480 e. The van der Waals surface area contributed by atoms with Crippen LogP contribution in [0.4, 0.5) is 0 Å². The number of carbonyl (C=O) groups is 3. The summed E-state index contributed by atoms with van der Waals surface area (Å²) in [5.41, 5.74) is 0. The Morgan fingerprint density at radius 2 is 2.00 bits per heavy atom. The van der Waals surface area contributed by atoms with Crippen LogP contribution in [0.25, 0.3) is 0 Å². The minimum atomic E-state index is -1.20. The maximum atomic E-state index is 11.0. The third kappa shape index (κ3) is 5.66. The van der Waals surface area contributed by atoms with Gasteiger partial charge in [-0.2, -0.15) is 0 Å². The number of carboxylic acid groups (broad SMARTS) is 1. The number of nitrogens with one attached hydrogen (secondary N) is 1. The number of carboxylic acids is 1. The number of carbonyl (C=O) groups excluding carboxylic acids is 2. The number of hydrogen-bond acceptors (Lipinski definition) is 4. The fourth-order valence-electron chi connectivity index (χ4n) is 0.692. The molecule has 15 heavy (non-hydrogen) atoms. The van der Waals surface area contributed by atoms with Gasteiger partial charge < -0.3 is 15.2 Å². The van der Waals surface area contributed by atoms with Crippen LogP contribution < -0.4 is 5.32 Å². The number of rotatable bonds is 5. The zero-order valence-electron chi connectivity index (χ0n) is 8.78. The van der Waals surface area contributed by atoms with Gasteiger partial charge in [0.2, 0.25) is 0 Å². The lowest BCUT2D eigenvalue weighted by Gasteiger charge is -2.08. The van der Waals surface area contributed by atoms with Crippen molar-refractivity contribution in [3.05, 3.63) is 0 Å². The van der Waals surface area contributed by atoms with E-state index in [1.807, 2.05) is 12.2 Å². The standard InChI is InChI=1S/C9H15NO5/c1-3-4-5-15-9(14)7(11)10-6(2)8(12)13/h6H,3-5H2,1-2H3,(H,10,11)(H,12,13). The molecule has 0 radical (unpaired) electrons. The van der Waals surface area contributed by atoms with E-state index in [0.717, 1.165) is 6.42 Å². The number of amides is 1. The highest BCUT2D eigenvalue weighted by molar-refractivity contribution is 6.32. The van der Waals surface area contributed by atoms with Gasteiger partial charge in [0.05, 0.1) is 6.61 Å². The molecule has 86 valence electrons. The SMILES string of the molecule is CCCCOC(=O)C(=O)NC(C)C(=O)O. The first kappa shape index (κ1) is 13.4. The fourth-order valence-corrected chi connectivity index (χ4v) is 0.692. The van der Waals surface area contributed by atoms with Gasteiger partial charge in [-0.15, -0.1) is 0 Å². The smallest absolute Gasteiger partial charge is 0.396 e. The van der Waals surface area contributed by atoms with Gasteiger partial charge in [0.25, 0.3) is 0 Å². The average Bonchev–Trinajstić information content (AvgIpc) is 2.17. The van der Waals surface area contributed by atoms with Crippen molar-refractivity contribution in [2.45, 2.75) is 32.7 Å². The van der Waals surface area contributed by atoms with Crippen molar-refractivity contribution in [3.8, 4) is 0 Å². The maximum absolute atomic E-state index is 11.0. The second-order valence-electron chi connectivity index (χ2n) is 3.02. The van der Waals surface area contributed by atoms with E-state index in [0.29, 0.717) is 6.42 Å². The number of ether oxygens (including phenoxy) is 1. The van der Waals surface area contributed by atoms with E-state index in [4.69, 9.17) is 5.11 Å². The fraction of sp³-hybridized carbons (Fsp3) is 0.667. The van der Waals surface area contributed by atoms with Crippen molar-refractivity contribution in [2.24, 2.45) is 0 Å². The molecule has 0 aromatic rings. The third-order valence-corrected chi connectivity index (χ3v) is 1.63. The summed E-state index contributed by atoms with van der Waals surface area (Å²) in [6.45, 7) is 3.35. The van der Waals surface area contributed by atoms with Gasteiger partial charge in [0, 0.05) is 0 Å². The molecular weight excluding hydrogens is 202 g/mol. The molecule has 0 aliphatic carbocycles. The van der Waals surface area contributed by atoms with Crippen LogP contribution in [0.15, 0.2) is 0 Å². The van der Waals surface area contributed by atoms with Crippen molar-refractivity contribution in [3.63, 3.8) is 0 Å². The first-order valence-corrected chi connectivity index (χ1v) is 4.69. The molecular formula is C9H15NO5. The van der Waals surface area contributed by atoms with Gasteiger partial charge in [-0.1, -0.05) is 13.3 Å². The van der Waals surface area contributed by atoms with Crippen LogP contribution in [0.5, 0.6) is 0 Å². The minimum absolute atomic E-state index is 0.171. The second kappa shape index (κ2) is 6.80. The predicted molar refractivity (Wildman–Crippen MR) is 51.1 cm³/mol. The first-order chi connectivity index (χ1) is 6.99. The highest BCUT2D eigenvalue weighted by atomic mass is 16.5. The Bertz CT molecular complexity index is 251. The van der Waals surface area contributed by atoms with Crippen LogP contribution in [-0.2, 0) is 19.1 Å². The average molecular weight is 217 g/mol. The van der Waals surface area contributed by atoms with Crippen molar-refractivity contribution in [1.82, 2.24) is 5.32 Å². The molecule has 0 fully saturated rings. The summed E-state index contributed by atoms with van der Waals surface area (Å²) in [6.07, 6.45) is 1.52. The Hall–Kier alpha value is -1.59. The monoisotopic (exact) mass is 217 g/mol. The van der Waals surface area contributed by atoms with Crippen molar-refractivity contribution in [2.75, 3.05) is 6.61 Å². The Morgan fingerprint density at radius 3 is 2.47 bits per heavy atom. The molecule has 0 bridgehead atoms. The number of unbranched alkanes of at least 4 members (excludes halogenated alkanes) is 1. The summed E-state index contributed by atoms with van der Waals surface area (Å²) in [7, 11) is 0. The zero-order valence-corrected chi connectivity index (χ0v) is 8.78. The molecule has 1 amide bonds. The molecule has 0 saturated carbocycles. The van der Waals surface area contributed by atoms with Gasteiger partial charge in [-0.3, -0.25) is 9.59 Å². The van der Waals surface area contributed by atoms with Gasteiger partial charge in [0.1, 0.15) is 6.04 Å². The topological polar surface area (TPSA) is 92.7 Å². The third-order valence-electron chi connectivity index (χ3n) is 1.63. The molecule has 2 N–H and O–H groups in total. The van der Waals surface area contributed by atoms with Crippen LogP contribution in [0.3, 0.4) is 0 Å².